The van der Waals surface area contributed by atoms with Crippen molar-refractivity contribution in [1.82, 2.24) is 5.32 Å². The molecule has 0 aliphatic heterocycles. The molecule has 3 heteroatoms. The van der Waals surface area contributed by atoms with Crippen LogP contribution in [0.3, 0.4) is 0 Å². The first kappa shape index (κ1) is 18.7. The van der Waals surface area contributed by atoms with Gasteiger partial charge in [-0.1, -0.05) is 84.4 Å². The third kappa shape index (κ3) is 4.53. The van der Waals surface area contributed by atoms with Gasteiger partial charge in [0, 0.05) is 18.2 Å². The molecule has 0 aliphatic carbocycles. The van der Waals surface area contributed by atoms with E-state index in [2.05, 4.69) is 60.8 Å². The number of hydrogen-bond acceptors (Lipinski definition) is 2. The fraction of sp³-hybridized carbons (Fsp3) is 0.217. The standard InChI is InChI=1S/C23H24ClNO/c1-17(18-13-15-21(24)16-14-18)25-22(19-9-5-3-6-10-19)23(26-2)20-11-7-4-8-12-20/h3-17,22-23,25H,1-2H3/t17-,22-,23+/m0/s1. The third-order valence-corrected chi connectivity index (χ3v) is 4.90. The zero-order chi connectivity index (χ0) is 18.4. The number of rotatable bonds is 7. The van der Waals surface area contributed by atoms with E-state index in [0.717, 1.165) is 10.6 Å². The van der Waals surface area contributed by atoms with Crippen molar-refractivity contribution in [2.24, 2.45) is 0 Å². The molecular formula is C23H24ClNO. The van der Waals surface area contributed by atoms with E-state index in [-0.39, 0.29) is 18.2 Å². The zero-order valence-corrected chi connectivity index (χ0v) is 15.9. The van der Waals surface area contributed by atoms with E-state index in [0.29, 0.717) is 0 Å². The summed E-state index contributed by atoms with van der Waals surface area (Å²) in [7, 11) is 1.77. The predicted molar refractivity (Wildman–Crippen MR) is 108 cm³/mol. The Morgan fingerprint density at radius 1 is 0.731 bits per heavy atom. The van der Waals surface area contributed by atoms with Crippen molar-refractivity contribution >= 4 is 11.6 Å². The van der Waals surface area contributed by atoms with Gasteiger partial charge in [0.05, 0.1) is 6.04 Å². The molecule has 2 nitrogen and oxygen atoms in total. The van der Waals surface area contributed by atoms with Gasteiger partial charge < -0.3 is 10.1 Å². The monoisotopic (exact) mass is 365 g/mol. The van der Waals surface area contributed by atoms with Gasteiger partial charge in [-0.15, -0.1) is 0 Å². The molecule has 0 unspecified atom stereocenters. The summed E-state index contributed by atoms with van der Waals surface area (Å²) in [6.07, 6.45) is -0.0895. The molecule has 3 rings (SSSR count). The van der Waals surface area contributed by atoms with Crippen LogP contribution in [0.2, 0.25) is 5.02 Å². The molecule has 0 spiro atoms. The number of halogens is 1. The SMILES string of the molecule is CO[C@H](c1ccccc1)[C@@H](N[C@@H](C)c1ccc(Cl)cc1)c1ccccc1. The first-order chi connectivity index (χ1) is 12.7. The summed E-state index contributed by atoms with van der Waals surface area (Å²) in [6, 6.07) is 28.9. The number of hydrogen-bond donors (Lipinski definition) is 1. The van der Waals surface area contributed by atoms with Crippen molar-refractivity contribution in [3.8, 4) is 0 Å². The van der Waals surface area contributed by atoms with Crippen molar-refractivity contribution in [3.05, 3.63) is 107 Å². The summed E-state index contributed by atoms with van der Waals surface area (Å²) < 4.78 is 5.93. The van der Waals surface area contributed by atoms with E-state index in [9.17, 15) is 0 Å². The molecule has 0 saturated heterocycles. The maximum Gasteiger partial charge on any atom is 0.102 e. The van der Waals surface area contributed by atoms with E-state index in [1.807, 2.05) is 36.4 Å². The molecule has 0 aromatic heterocycles. The van der Waals surface area contributed by atoms with E-state index < -0.39 is 0 Å². The Labute approximate surface area is 160 Å². The highest BCUT2D eigenvalue weighted by Gasteiger charge is 2.26. The van der Waals surface area contributed by atoms with Crippen molar-refractivity contribution in [1.29, 1.82) is 0 Å². The van der Waals surface area contributed by atoms with E-state index >= 15 is 0 Å². The van der Waals surface area contributed by atoms with Crippen molar-refractivity contribution in [2.75, 3.05) is 7.11 Å². The molecule has 26 heavy (non-hydrogen) atoms. The van der Waals surface area contributed by atoms with Crippen LogP contribution in [0.25, 0.3) is 0 Å². The highest BCUT2D eigenvalue weighted by molar-refractivity contribution is 6.30. The molecule has 3 aromatic carbocycles. The molecule has 1 N–H and O–H groups in total. The summed E-state index contributed by atoms with van der Waals surface area (Å²) in [4.78, 5) is 0. The molecule has 0 fully saturated rings. The predicted octanol–water partition coefficient (Wildman–Crippen LogP) is 6.12. The minimum absolute atomic E-state index is 0.0225. The second-order valence-corrected chi connectivity index (χ2v) is 6.83. The van der Waals surface area contributed by atoms with Gasteiger partial charge in [-0.2, -0.15) is 0 Å². The molecule has 0 saturated carbocycles. The lowest BCUT2D eigenvalue weighted by molar-refractivity contribution is 0.0637. The first-order valence-electron chi connectivity index (χ1n) is 8.83. The highest BCUT2D eigenvalue weighted by atomic mass is 35.5. The molecule has 134 valence electrons. The Morgan fingerprint density at radius 2 is 1.27 bits per heavy atom. The number of methoxy groups -OCH3 is 1. The zero-order valence-electron chi connectivity index (χ0n) is 15.1. The van der Waals surface area contributed by atoms with Gasteiger partial charge >= 0.3 is 0 Å². The normalized spacial score (nSPS) is 14.6. The molecule has 0 heterocycles. The number of ether oxygens (including phenoxy) is 1. The van der Waals surface area contributed by atoms with Crippen molar-refractivity contribution in [3.63, 3.8) is 0 Å². The van der Waals surface area contributed by atoms with Crippen LogP contribution in [0.15, 0.2) is 84.9 Å². The van der Waals surface area contributed by atoms with Crippen molar-refractivity contribution < 1.29 is 4.74 Å². The summed E-state index contributed by atoms with van der Waals surface area (Å²) in [5, 5.41) is 4.50. The molecule has 3 atom stereocenters. The Bertz CT molecular complexity index is 789. The molecule has 0 amide bonds. The average molecular weight is 366 g/mol. The van der Waals surface area contributed by atoms with Crippen LogP contribution < -0.4 is 5.32 Å². The minimum Gasteiger partial charge on any atom is -0.375 e. The third-order valence-electron chi connectivity index (χ3n) is 4.64. The summed E-state index contributed by atoms with van der Waals surface area (Å²) in [6.45, 7) is 2.16. The topological polar surface area (TPSA) is 21.3 Å². The molecule has 0 bridgehead atoms. The van der Waals surface area contributed by atoms with Crippen LogP contribution in [-0.2, 0) is 4.74 Å². The number of benzene rings is 3. The van der Waals surface area contributed by atoms with Crippen LogP contribution >= 0.6 is 11.6 Å². The second-order valence-electron chi connectivity index (χ2n) is 6.40. The van der Waals surface area contributed by atoms with Crippen LogP contribution in [0.5, 0.6) is 0 Å². The maximum atomic E-state index is 6.03. The van der Waals surface area contributed by atoms with Gasteiger partial charge in [0.1, 0.15) is 6.10 Å². The first-order valence-corrected chi connectivity index (χ1v) is 9.21. The summed E-state index contributed by atoms with van der Waals surface area (Å²) in [5.41, 5.74) is 3.54. The Morgan fingerprint density at radius 3 is 1.81 bits per heavy atom. The minimum atomic E-state index is -0.0895. The second kappa shape index (κ2) is 9.00. The fourth-order valence-electron chi connectivity index (χ4n) is 3.24. The lowest BCUT2D eigenvalue weighted by Crippen LogP contribution is -2.30. The van der Waals surface area contributed by atoms with Gasteiger partial charge in [0.25, 0.3) is 0 Å². The summed E-state index contributed by atoms with van der Waals surface area (Å²) >= 11 is 6.03. The quantitative estimate of drug-likeness (QED) is 0.544. The van der Waals surface area contributed by atoms with Crippen molar-refractivity contribution in [2.45, 2.75) is 25.1 Å². The van der Waals surface area contributed by atoms with Gasteiger partial charge in [-0.3, -0.25) is 0 Å². The van der Waals surface area contributed by atoms with Crippen LogP contribution in [0, 0.1) is 0 Å². The van der Waals surface area contributed by atoms with Crippen LogP contribution in [0.1, 0.15) is 41.8 Å². The van der Waals surface area contributed by atoms with Gasteiger partial charge in [-0.25, -0.2) is 0 Å². The highest BCUT2D eigenvalue weighted by Crippen LogP contribution is 2.33. The molecule has 3 aromatic rings. The molecule has 0 aliphatic rings. The van der Waals surface area contributed by atoms with Crippen LogP contribution in [0.4, 0.5) is 0 Å². The average Bonchev–Trinajstić information content (AvgIpc) is 2.69. The lowest BCUT2D eigenvalue weighted by Gasteiger charge is -2.31. The maximum absolute atomic E-state index is 6.03. The lowest BCUT2D eigenvalue weighted by atomic mass is 9.94. The largest absolute Gasteiger partial charge is 0.375 e. The Hall–Kier alpha value is -2.13. The Kier molecular flexibility index (Phi) is 6.45. The number of nitrogens with one attached hydrogen (secondary N) is 1. The molecule has 0 radical (unpaired) electrons. The van der Waals surface area contributed by atoms with Crippen LogP contribution in [-0.4, -0.2) is 7.11 Å². The van der Waals surface area contributed by atoms with E-state index in [1.54, 1.807) is 7.11 Å². The van der Waals surface area contributed by atoms with E-state index in [1.165, 1.54) is 11.1 Å². The summed E-state index contributed by atoms with van der Waals surface area (Å²) in [5.74, 6) is 0. The van der Waals surface area contributed by atoms with Gasteiger partial charge in [0.15, 0.2) is 0 Å². The van der Waals surface area contributed by atoms with Gasteiger partial charge in [-0.05, 0) is 35.7 Å². The molecular weight excluding hydrogens is 342 g/mol. The van der Waals surface area contributed by atoms with E-state index in [4.69, 9.17) is 16.3 Å². The fourth-order valence-corrected chi connectivity index (χ4v) is 3.37. The smallest absolute Gasteiger partial charge is 0.102 e. The van der Waals surface area contributed by atoms with Gasteiger partial charge in [0.2, 0.25) is 0 Å². The Balaban J connectivity index is 1.92.